The fourth-order valence-electron chi connectivity index (χ4n) is 3.25. The summed E-state index contributed by atoms with van der Waals surface area (Å²) in [5.74, 6) is 1.34. The zero-order chi connectivity index (χ0) is 20.4. The van der Waals surface area contributed by atoms with Crippen molar-refractivity contribution < 1.29 is 4.74 Å². The lowest BCUT2D eigenvalue weighted by atomic mass is 10.1. The summed E-state index contributed by atoms with van der Waals surface area (Å²) in [7, 11) is 1.64. The zero-order valence-electron chi connectivity index (χ0n) is 16.1. The molecule has 0 spiro atoms. The molecule has 0 atom stereocenters. The molecule has 0 aliphatic rings. The van der Waals surface area contributed by atoms with Crippen LogP contribution in [0.25, 0.3) is 28.7 Å². The number of methoxy groups -OCH3 is 1. The standard InChI is InChI=1S/C24H19ClN2O2/c1-16-15-18(25)10-13-22(16)27-23(14-9-17-7-11-19(29-2)12-8-17)26-21-6-4-3-5-20(21)24(27)28/h3-15H,1-2H3. The van der Waals surface area contributed by atoms with Crippen molar-refractivity contribution in [3.05, 3.63) is 99.1 Å². The number of ether oxygens (including phenoxy) is 1. The van der Waals surface area contributed by atoms with Gasteiger partial charge in [-0.05, 0) is 66.6 Å². The molecule has 0 N–H and O–H groups in total. The van der Waals surface area contributed by atoms with Gasteiger partial charge in [0.1, 0.15) is 11.6 Å². The third kappa shape index (κ3) is 3.80. The van der Waals surface area contributed by atoms with E-state index in [-0.39, 0.29) is 5.56 Å². The van der Waals surface area contributed by atoms with Crippen LogP contribution in [0.15, 0.2) is 71.5 Å². The Morgan fingerprint density at radius 2 is 1.76 bits per heavy atom. The maximum atomic E-state index is 13.3. The Balaban J connectivity index is 1.91. The number of hydrogen-bond donors (Lipinski definition) is 0. The fraction of sp³-hybridized carbons (Fsp3) is 0.0833. The van der Waals surface area contributed by atoms with Crippen molar-refractivity contribution in [3.8, 4) is 11.4 Å². The van der Waals surface area contributed by atoms with Gasteiger partial charge in [0.25, 0.3) is 5.56 Å². The highest BCUT2D eigenvalue weighted by molar-refractivity contribution is 6.30. The monoisotopic (exact) mass is 402 g/mol. The first-order chi connectivity index (χ1) is 14.1. The quantitative estimate of drug-likeness (QED) is 0.451. The van der Waals surface area contributed by atoms with Crippen molar-refractivity contribution in [1.82, 2.24) is 9.55 Å². The SMILES string of the molecule is COc1ccc(C=Cc2nc3ccccc3c(=O)n2-c2ccc(Cl)cc2C)cc1. The highest BCUT2D eigenvalue weighted by Gasteiger charge is 2.13. The smallest absolute Gasteiger partial charge is 0.266 e. The minimum atomic E-state index is -0.115. The van der Waals surface area contributed by atoms with Gasteiger partial charge in [-0.25, -0.2) is 4.98 Å². The third-order valence-electron chi connectivity index (χ3n) is 4.74. The number of fused-ring (bicyclic) bond motifs is 1. The largest absolute Gasteiger partial charge is 0.497 e. The lowest BCUT2D eigenvalue weighted by Gasteiger charge is -2.14. The van der Waals surface area contributed by atoms with E-state index in [1.54, 1.807) is 23.8 Å². The van der Waals surface area contributed by atoms with E-state index in [1.807, 2.05) is 73.7 Å². The Hall–Kier alpha value is -3.37. The molecule has 0 aliphatic carbocycles. The van der Waals surface area contributed by atoms with E-state index in [1.165, 1.54) is 0 Å². The van der Waals surface area contributed by atoms with Crippen molar-refractivity contribution in [2.24, 2.45) is 0 Å². The fourth-order valence-corrected chi connectivity index (χ4v) is 3.48. The van der Waals surface area contributed by atoms with Crippen LogP contribution in [0.3, 0.4) is 0 Å². The van der Waals surface area contributed by atoms with E-state index in [0.717, 1.165) is 22.6 Å². The van der Waals surface area contributed by atoms with E-state index < -0.39 is 0 Å². The minimum absolute atomic E-state index is 0.115. The average molecular weight is 403 g/mol. The normalized spacial score (nSPS) is 11.3. The summed E-state index contributed by atoms with van der Waals surface area (Å²) in [4.78, 5) is 18.1. The van der Waals surface area contributed by atoms with Crippen LogP contribution < -0.4 is 10.3 Å². The summed E-state index contributed by atoms with van der Waals surface area (Å²) in [5, 5.41) is 1.20. The Morgan fingerprint density at radius 3 is 2.48 bits per heavy atom. The molecule has 144 valence electrons. The highest BCUT2D eigenvalue weighted by Crippen LogP contribution is 2.21. The van der Waals surface area contributed by atoms with Gasteiger partial charge in [-0.15, -0.1) is 0 Å². The molecule has 1 heterocycles. The minimum Gasteiger partial charge on any atom is -0.497 e. The molecule has 0 aliphatic heterocycles. The average Bonchev–Trinajstić information content (AvgIpc) is 2.73. The molecule has 0 radical (unpaired) electrons. The van der Waals surface area contributed by atoms with Crippen molar-refractivity contribution in [2.75, 3.05) is 7.11 Å². The van der Waals surface area contributed by atoms with Gasteiger partial charge in [0.2, 0.25) is 0 Å². The molecule has 0 saturated carbocycles. The van der Waals surface area contributed by atoms with E-state index >= 15 is 0 Å². The lowest BCUT2D eigenvalue weighted by Crippen LogP contribution is -2.23. The molecule has 3 aromatic carbocycles. The Kier molecular flexibility index (Phi) is 5.19. The molecule has 0 bridgehead atoms. The summed E-state index contributed by atoms with van der Waals surface area (Å²) in [6, 6.07) is 20.5. The highest BCUT2D eigenvalue weighted by atomic mass is 35.5. The van der Waals surface area contributed by atoms with Crippen molar-refractivity contribution in [1.29, 1.82) is 0 Å². The number of rotatable bonds is 4. The molecule has 4 nitrogen and oxygen atoms in total. The van der Waals surface area contributed by atoms with Crippen LogP contribution in [0.5, 0.6) is 5.75 Å². The molecule has 0 fully saturated rings. The van der Waals surface area contributed by atoms with Gasteiger partial charge in [-0.3, -0.25) is 9.36 Å². The van der Waals surface area contributed by atoms with Gasteiger partial charge in [0.05, 0.1) is 23.7 Å². The van der Waals surface area contributed by atoms with Crippen LogP contribution in [0.2, 0.25) is 5.02 Å². The predicted octanol–water partition coefficient (Wildman–Crippen LogP) is 5.53. The molecule has 29 heavy (non-hydrogen) atoms. The van der Waals surface area contributed by atoms with Gasteiger partial charge in [0, 0.05) is 5.02 Å². The number of hydrogen-bond acceptors (Lipinski definition) is 3. The lowest BCUT2D eigenvalue weighted by molar-refractivity contribution is 0.415. The first-order valence-corrected chi connectivity index (χ1v) is 9.55. The number of nitrogens with zero attached hydrogens (tertiary/aromatic N) is 2. The number of para-hydroxylation sites is 1. The molecule has 0 unspecified atom stereocenters. The zero-order valence-corrected chi connectivity index (χ0v) is 16.9. The van der Waals surface area contributed by atoms with Crippen LogP contribution >= 0.6 is 11.6 Å². The summed E-state index contributed by atoms with van der Waals surface area (Å²) < 4.78 is 6.84. The number of halogens is 1. The first kappa shape index (κ1) is 19.0. The van der Waals surface area contributed by atoms with Gasteiger partial charge >= 0.3 is 0 Å². The van der Waals surface area contributed by atoms with E-state index in [9.17, 15) is 4.79 Å². The van der Waals surface area contributed by atoms with Crippen LogP contribution in [0, 0.1) is 6.92 Å². The third-order valence-corrected chi connectivity index (χ3v) is 4.98. The van der Waals surface area contributed by atoms with Crippen molar-refractivity contribution in [2.45, 2.75) is 6.92 Å². The Bertz CT molecular complexity index is 1270. The van der Waals surface area contributed by atoms with E-state index in [4.69, 9.17) is 21.3 Å². The number of benzene rings is 3. The summed E-state index contributed by atoms with van der Waals surface area (Å²) in [6.45, 7) is 1.93. The maximum Gasteiger partial charge on any atom is 0.266 e. The van der Waals surface area contributed by atoms with Crippen molar-refractivity contribution in [3.63, 3.8) is 0 Å². The molecule has 0 amide bonds. The molecular formula is C24H19ClN2O2. The molecule has 0 saturated heterocycles. The summed E-state index contributed by atoms with van der Waals surface area (Å²) in [6.07, 6.45) is 3.78. The molecular weight excluding hydrogens is 384 g/mol. The Morgan fingerprint density at radius 1 is 1.00 bits per heavy atom. The second-order valence-electron chi connectivity index (χ2n) is 6.67. The van der Waals surface area contributed by atoms with Gasteiger partial charge in [-0.1, -0.05) is 41.9 Å². The second kappa shape index (κ2) is 7.94. The van der Waals surface area contributed by atoms with Crippen LogP contribution in [0.1, 0.15) is 17.0 Å². The topological polar surface area (TPSA) is 44.1 Å². The van der Waals surface area contributed by atoms with Crippen LogP contribution in [-0.4, -0.2) is 16.7 Å². The van der Waals surface area contributed by atoms with Gasteiger partial charge < -0.3 is 4.74 Å². The maximum absolute atomic E-state index is 13.3. The van der Waals surface area contributed by atoms with E-state index in [0.29, 0.717) is 21.7 Å². The van der Waals surface area contributed by atoms with Crippen molar-refractivity contribution >= 4 is 34.7 Å². The van der Waals surface area contributed by atoms with E-state index in [2.05, 4.69) is 0 Å². The first-order valence-electron chi connectivity index (χ1n) is 9.17. The number of aromatic nitrogens is 2. The molecule has 4 aromatic rings. The Labute approximate surface area is 173 Å². The predicted molar refractivity (Wildman–Crippen MR) is 119 cm³/mol. The molecule has 4 rings (SSSR count). The molecule has 5 heteroatoms. The van der Waals surface area contributed by atoms with Crippen LogP contribution in [-0.2, 0) is 0 Å². The number of aryl methyl sites for hydroxylation is 1. The second-order valence-corrected chi connectivity index (χ2v) is 7.10. The van der Waals surface area contributed by atoms with Gasteiger partial charge in [0.15, 0.2) is 0 Å². The summed E-state index contributed by atoms with van der Waals surface area (Å²) in [5.41, 5.74) is 3.18. The van der Waals surface area contributed by atoms with Gasteiger partial charge in [-0.2, -0.15) is 0 Å². The summed E-state index contributed by atoms with van der Waals surface area (Å²) >= 11 is 6.12. The molecule has 1 aromatic heterocycles. The van der Waals surface area contributed by atoms with Crippen LogP contribution in [0.4, 0.5) is 0 Å².